The van der Waals surface area contributed by atoms with Crippen LogP contribution in [0.3, 0.4) is 0 Å². The number of aliphatic hydroxyl groups excluding tert-OH is 1. The minimum Gasteiger partial charge on any atom is -0.393 e. The standard InChI is InChI=1S/C9H18O/c1-7(2)6-9(10)8-4-3-5-8/h7-10H,3-6H2,1-2H3. The summed E-state index contributed by atoms with van der Waals surface area (Å²) < 4.78 is 0. The van der Waals surface area contributed by atoms with Gasteiger partial charge in [0.15, 0.2) is 0 Å². The normalized spacial score (nSPS) is 22.8. The van der Waals surface area contributed by atoms with Crippen LogP contribution in [0.5, 0.6) is 0 Å². The van der Waals surface area contributed by atoms with Crippen molar-refractivity contribution in [3.8, 4) is 0 Å². The highest BCUT2D eigenvalue weighted by atomic mass is 16.3. The first-order chi connectivity index (χ1) is 4.70. The maximum absolute atomic E-state index is 9.54. The van der Waals surface area contributed by atoms with E-state index in [2.05, 4.69) is 13.8 Å². The van der Waals surface area contributed by atoms with Gasteiger partial charge in [-0.25, -0.2) is 0 Å². The van der Waals surface area contributed by atoms with Crippen molar-refractivity contribution < 1.29 is 5.11 Å². The smallest absolute Gasteiger partial charge is 0.0570 e. The van der Waals surface area contributed by atoms with Gasteiger partial charge >= 0.3 is 0 Å². The predicted molar refractivity (Wildman–Crippen MR) is 42.8 cm³/mol. The van der Waals surface area contributed by atoms with Crippen molar-refractivity contribution in [1.82, 2.24) is 0 Å². The highest BCUT2D eigenvalue weighted by molar-refractivity contribution is 4.77. The molecule has 0 aromatic rings. The minimum atomic E-state index is -0.00579. The topological polar surface area (TPSA) is 20.2 Å². The molecule has 1 N–H and O–H groups in total. The van der Waals surface area contributed by atoms with E-state index >= 15 is 0 Å². The molecule has 0 aliphatic heterocycles. The molecule has 1 fully saturated rings. The van der Waals surface area contributed by atoms with Gasteiger partial charge in [0.2, 0.25) is 0 Å². The number of hydrogen-bond donors (Lipinski definition) is 1. The lowest BCUT2D eigenvalue weighted by Crippen LogP contribution is -2.27. The van der Waals surface area contributed by atoms with Gasteiger partial charge in [-0.1, -0.05) is 20.3 Å². The Hall–Kier alpha value is -0.0400. The molecule has 0 amide bonds. The van der Waals surface area contributed by atoms with Crippen LogP contribution in [-0.4, -0.2) is 11.2 Å². The second-order valence-electron chi connectivity index (χ2n) is 3.89. The van der Waals surface area contributed by atoms with Crippen LogP contribution in [-0.2, 0) is 0 Å². The van der Waals surface area contributed by atoms with E-state index in [0.717, 1.165) is 6.42 Å². The summed E-state index contributed by atoms with van der Waals surface area (Å²) in [5.74, 6) is 1.29. The fourth-order valence-electron chi connectivity index (χ4n) is 1.50. The molecule has 1 unspecified atom stereocenters. The summed E-state index contributed by atoms with van der Waals surface area (Å²) >= 11 is 0. The Balaban J connectivity index is 2.13. The summed E-state index contributed by atoms with van der Waals surface area (Å²) in [6.07, 6.45) is 4.83. The van der Waals surface area contributed by atoms with Gasteiger partial charge in [-0.2, -0.15) is 0 Å². The van der Waals surface area contributed by atoms with Crippen LogP contribution < -0.4 is 0 Å². The van der Waals surface area contributed by atoms with Crippen molar-refractivity contribution in [2.75, 3.05) is 0 Å². The zero-order valence-corrected chi connectivity index (χ0v) is 7.01. The summed E-state index contributed by atoms with van der Waals surface area (Å²) in [5, 5.41) is 9.54. The molecule has 1 aliphatic carbocycles. The van der Waals surface area contributed by atoms with E-state index in [0.29, 0.717) is 11.8 Å². The molecule has 1 atom stereocenters. The van der Waals surface area contributed by atoms with E-state index in [1.54, 1.807) is 0 Å². The van der Waals surface area contributed by atoms with E-state index < -0.39 is 0 Å². The second kappa shape index (κ2) is 3.38. The molecule has 1 rings (SSSR count). The van der Waals surface area contributed by atoms with Crippen molar-refractivity contribution in [3.05, 3.63) is 0 Å². The molecule has 0 saturated heterocycles. The Kier molecular flexibility index (Phi) is 2.72. The first-order valence-electron chi connectivity index (χ1n) is 4.38. The molecule has 1 aliphatic rings. The van der Waals surface area contributed by atoms with Gasteiger partial charge in [0.05, 0.1) is 6.10 Å². The molecule has 60 valence electrons. The molecule has 0 aromatic carbocycles. The molecule has 0 heterocycles. The average molecular weight is 142 g/mol. The van der Waals surface area contributed by atoms with Gasteiger partial charge in [0.25, 0.3) is 0 Å². The summed E-state index contributed by atoms with van der Waals surface area (Å²) in [5.41, 5.74) is 0. The zero-order valence-electron chi connectivity index (χ0n) is 7.01. The summed E-state index contributed by atoms with van der Waals surface area (Å²) in [4.78, 5) is 0. The maximum atomic E-state index is 9.54. The monoisotopic (exact) mass is 142 g/mol. The molecule has 0 bridgehead atoms. The van der Waals surface area contributed by atoms with E-state index in [9.17, 15) is 5.11 Å². The molecule has 0 aromatic heterocycles. The van der Waals surface area contributed by atoms with E-state index in [4.69, 9.17) is 0 Å². The lowest BCUT2D eigenvalue weighted by molar-refractivity contribution is 0.0461. The van der Waals surface area contributed by atoms with E-state index in [1.165, 1.54) is 19.3 Å². The van der Waals surface area contributed by atoms with Crippen LogP contribution in [0.4, 0.5) is 0 Å². The fourth-order valence-corrected chi connectivity index (χ4v) is 1.50. The molecule has 1 saturated carbocycles. The Morgan fingerprint density at radius 3 is 2.30 bits per heavy atom. The minimum absolute atomic E-state index is 0.00579. The van der Waals surface area contributed by atoms with Crippen molar-refractivity contribution in [2.45, 2.75) is 45.6 Å². The van der Waals surface area contributed by atoms with Gasteiger partial charge in [0.1, 0.15) is 0 Å². The average Bonchev–Trinajstić information content (AvgIpc) is 1.55. The van der Waals surface area contributed by atoms with Crippen LogP contribution in [0, 0.1) is 11.8 Å². The predicted octanol–water partition coefficient (Wildman–Crippen LogP) is 2.19. The first-order valence-corrected chi connectivity index (χ1v) is 4.38. The SMILES string of the molecule is CC(C)CC(O)C1CCC1. The maximum Gasteiger partial charge on any atom is 0.0570 e. The number of aliphatic hydroxyl groups is 1. The number of rotatable bonds is 3. The molecule has 1 heteroatoms. The van der Waals surface area contributed by atoms with E-state index in [1.807, 2.05) is 0 Å². The van der Waals surface area contributed by atoms with Gasteiger partial charge in [0, 0.05) is 0 Å². The summed E-state index contributed by atoms with van der Waals surface area (Å²) in [6, 6.07) is 0. The van der Waals surface area contributed by atoms with Crippen LogP contribution in [0.2, 0.25) is 0 Å². The van der Waals surface area contributed by atoms with Crippen molar-refractivity contribution >= 4 is 0 Å². The Morgan fingerprint density at radius 1 is 1.40 bits per heavy atom. The highest BCUT2D eigenvalue weighted by Crippen LogP contribution is 2.31. The second-order valence-corrected chi connectivity index (χ2v) is 3.89. The zero-order chi connectivity index (χ0) is 7.56. The van der Waals surface area contributed by atoms with Gasteiger partial charge in [-0.3, -0.25) is 0 Å². The van der Waals surface area contributed by atoms with Crippen LogP contribution in [0.25, 0.3) is 0 Å². The lowest BCUT2D eigenvalue weighted by Gasteiger charge is -2.31. The molecular weight excluding hydrogens is 124 g/mol. The Bertz CT molecular complexity index is 94.9. The fraction of sp³-hybridized carbons (Fsp3) is 1.00. The number of hydrogen-bond acceptors (Lipinski definition) is 1. The third-order valence-corrected chi connectivity index (χ3v) is 2.41. The summed E-state index contributed by atoms with van der Waals surface area (Å²) in [6.45, 7) is 4.34. The third kappa shape index (κ3) is 1.98. The van der Waals surface area contributed by atoms with E-state index in [-0.39, 0.29) is 6.10 Å². The van der Waals surface area contributed by atoms with Gasteiger partial charge in [-0.15, -0.1) is 0 Å². The highest BCUT2D eigenvalue weighted by Gasteiger charge is 2.25. The molecule has 0 spiro atoms. The third-order valence-electron chi connectivity index (χ3n) is 2.41. The molecule has 1 nitrogen and oxygen atoms in total. The Labute approximate surface area is 63.4 Å². The lowest BCUT2D eigenvalue weighted by atomic mass is 9.79. The molecule has 0 radical (unpaired) electrons. The van der Waals surface area contributed by atoms with Crippen molar-refractivity contribution in [1.29, 1.82) is 0 Å². The molecule has 10 heavy (non-hydrogen) atoms. The molecular formula is C9H18O. The quantitative estimate of drug-likeness (QED) is 0.640. The van der Waals surface area contributed by atoms with Gasteiger partial charge < -0.3 is 5.11 Å². The summed E-state index contributed by atoms with van der Waals surface area (Å²) in [7, 11) is 0. The van der Waals surface area contributed by atoms with Crippen molar-refractivity contribution in [2.24, 2.45) is 11.8 Å². The Morgan fingerprint density at radius 2 is 2.00 bits per heavy atom. The van der Waals surface area contributed by atoms with Crippen LogP contribution >= 0.6 is 0 Å². The van der Waals surface area contributed by atoms with Crippen LogP contribution in [0.15, 0.2) is 0 Å². The van der Waals surface area contributed by atoms with Crippen LogP contribution in [0.1, 0.15) is 39.5 Å². The van der Waals surface area contributed by atoms with Gasteiger partial charge in [-0.05, 0) is 31.1 Å². The van der Waals surface area contributed by atoms with Crippen molar-refractivity contribution in [3.63, 3.8) is 0 Å². The largest absolute Gasteiger partial charge is 0.393 e. The first kappa shape index (κ1) is 8.06.